The van der Waals surface area contributed by atoms with E-state index in [4.69, 9.17) is 0 Å². The molecule has 0 spiro atoms. The van der Waals surface area contributed by atoms with E-state index in [1.54, 1.807) is 25.5 Å². The summed E-state index contributed by atoms with van der Waals surface area (Å²) in [5.41, 5.74) is 0.621. The number of nitrogens with zero attached hydrogens (tertiary/aromatic N) is 3. The molecule has 180 valence electrons. The molecule has 34 heavy (non-hydrogen) atoms. The third-order valence-corrected chi connectivity index (χ3v) is 7.96. The maximum atomic E-state index is 13.9. The van der Waals surface area contributed by atoms with Crippen LogP contribution in [-0.2, 0) is 17.2 Å². The Hall–Kier alpha value is -2.69. The minimum absolute atomic E-state index is 0.00157. The van der Waals surface area contributed by atoms with Gasteiger partial charge in [0.05, 0.1) is 17.3 Å². The van der Waals surface area contributed by atoms with Gasteiger partial charge in [0.15, 0.2) is 0 Å². The number of nitrogens with one attached hydrogen (secondary N) is 2. The summed E-state index contributed by atoms with van der Waals surface area (Å²) in [6.45, 7) is 8.00. The van der Waals surface area contributed by atoms with Gasteiger partial charge in [-0.25, -0.2) is 9.97 Å². The molecule has 10 heteroatoms. The Morgan fingerprint density at radius 1 is 1.29 bits per heavy atom. The number of hydrogen-bond donors (Lipinski definition) is 2. The minimum Gasteiger partial charge on any atom is -0.350 e. The lowest BCUT2D eigenvalue weighted by atomic mass is 9.91. The predicted molar refractivity (Wildman–Crippen MR) is 127 cm³/mol. The highest BCUT2D eigenvalue weighted by Crippen LogP contribution is 2.44. The van der Waals surface area contributed by atoms with Gasteiger partial charge in [-0.05, 0) is 63.6 Å². The van der Waals surface area contributed by atoms with Crippen LogP contribution in [0.4, 0.5) is 19.1 Å². The van der Waals surface area contributed by atoms with Gasteiger partial charge in [0.25, 0.3) is 0 Å². The molecule has 2 aliphatic rings. The first-order chi connectivity index (χ1) is 15.8. The fourth-order valence-electron chi connectivity index (χ4n) is 4.63. The van der Waals surface area contributed by atoms with E-state index in [-0.39, 0.29) is 35.2 Å². The van der Waals surface area contributed by atoms with Gasteiger partial charge < -0.3 is 15.2 Å². The number of allylic oxidation sites excluding steroid dienone is 1. The SMILES string of the molecule is CC1(C)CC[C@H](Nc2ncc(C(F)(F)F)c(C3=CCc4c3ccc(C#N)c4P(C)(C)=O)n2)CN1. The Morgan fingerprint density at radius 3 is 2.62 bits per heavy atom. The Kier molecular flexibility index (Phi) is 6.12. The zero-order chi connectivity index (χ0) is 24.9. The first-order valence-electron chi connectivity index (χ1n) is 11.1. The number of rotatable bonds is 4. The van der Waals surface area contributed by atoms with E-state index in [1.165, 1.54) is 6.07 Å². The highest BCUT2D eigenvalue weighted by molar-refractivity contribution is 7.70. The van der Waals surface area contributed by atoms with Gasteiger partial charge in [0.2, 0.25) is 5.95 Å². The van der Waals surface area contributed by atoms with E-state index in [0.29, 0.717) is 28.5 Å². The molecule has 1 fully saturated rings. The second-order valence-corrected chi connectivity index (χ2v) is 13.0. The van der Waals surface area contributed by atoms with Crippen molar-refractivity contribution in [3.8, 4) is 6.07 Å². The molecule has 0 unspecified atom stereocenters. The number of fused-ring (bicyclic) bond motifs is 1. The van der Waals surface area contributed by atoms with Gasteiger partial charge in [-0.15, -0.1) is 0 Å². The summed E-state index contributed by atoms with van der Waals surface area (Å²) in [5.74, 6) is 0.134. The number of aromatic nitrogens is 2. The van der Waals surface area contributed by atoms with Crippen molar-refractivity contribution in [2.24, 2.45) is 0 Å². The molecule has 0 amide bonds. The lowest BCUT2D eigenvalue weighted by Gasteiger charge is -2.36. The number of nitriles is 1. The minimum atomic E-state index is -4.64. The van der Waals surface area contributed by atoms with Crippen LogP contribution in [0.15, 0.2) is 24.4 Å². The normalized spacial score (nSPS) is 19.8. The van der Waals surface area contributed by atoms with Crippen molar-refractivity contribution in [3.63, 3.8) is 0 Å². The molecule has 1 aromatic heterocycles. The summed E-state index contributed by atoms with van der Waals surface area (Å²) >= 11 is 0. The number of alkyl halides is 3. The van der Waals surface area contributed by atoms with Crippen molar-refractivity contribution in [3.05, 3.63) is 52.4 Å². The molecule has 1 aliphatic heterocycles. The van der Waals surface area contributed by atoms with Gasteiger partial charge in [-0.1, -0.05) is 12.1 Å². The topological polar surface area (TPSA) is 90.7 Å². The van der Waals surface area contributed by atoms with Crippen LogP contribution in [0, 0.1) is 11.3 Å². The first kappa shape index (κ1) is 24.4. The van der Waals surface area contributed by atoms with Gasteiger partial charge in [-0.2, -0.15) is 18.4 Å². The first-order valence-corrected chi connectivity index (χ1v) is 13.7. The van der Waals surface area contributed by atoms with Crippen LogP contribution in [0.25, 0.3) is 5.57 Å². The van der Waals surface area contributed by atoms with E-state index in [9.17, 15) is 23.0 Å². The molecule has 1 saturated heterocycles. The summed E-state index contributed by atoms with van der Waals surface area (Å²) in [6.07, 6.45) is -0.126. The van der Waals surface area contributed by atoms with Crippen molar-refractivity contribution in [2.75, 3.05) is 25.2 Å². The molecule has 2 N–H and O–H groups in total. The third-order valence-electron chi connectivity index (χ3n) is 6.37. The summed E-state index contributed by atoms with van der Waals surface area (Å²) in [6, 6.07) is 5.21. The maximum absolute atomic E-state index is 13.9. The van der Waals surface area contributed by atoms with Crippen molar-refractivity contribution in [2.45, 2.75) is 50.9 Å². The van der Waals surface area contributed by atoms with Crippen LogP contribution in [-0.4, -0.2) is 41.4 Å². The van der Waals surface area contributed by atoms with Gasteiger partial charge in [-0.3, -0.25) is 0 Å². The number of benzene rings is 1. The third kappa shape index (κ3) is 4.75. The summed E-state index contributed by atoms with van der Waals surface area (Å²) in [4.78, 5) is 8.28. The van der Waals surface area contributed by atoms with Crippen molar-refractivity contribution in [1.82, 2.24) is 15.3 Å². The van der Waals surface area contributed by atoms with Crippen LogP contribution in [0.3, 0.4) is 0 Å². The summed E-state index contributed by atoms with van der Waals surface area (Å²) in [7, 11) is -2.85. The van der Waals surface area contributed by atoms with Crippen LogP contribution < -0.4 is 15.9 Å². The second kappa shape index (κ2) is 8.51. The summed E-state index contributed by atoms with van der Waals surface area (Å²) in [5, 5.41) is 16.5. The number of anilines is 1. The van der Waals surface area contributed by atoms with Crippen LogP contribution in [0.1, 0.15) is 54.6 Å². The molecule has 0 radical (unpaired) electrons. The fourth-order valence-corrected chi connectivity index (χ4v) is 6.20. The lowest BCUT2D eigenvalue weighted by Crippen LogP contribution is -2.50. The molecule has 1 atom stereocenters. The van der Waals surface area contributed by atoms with Gasteiger partial charge >= 0.3 is 6.18 Å². The van der Waals surface area contributed by atoms with Gasteiger partial charge in [0, 0.05) is 35.2 Å². The van der Waals surface area contributed by atoms with Crippen molar-refractivity contribution < 1.29 is 17.7 Å². The molecular formula is C24H27F3N5OP. The highest BCUT2D eigenvalue weighted by Gasteiger charge is 2.38. The largest absolute Gasteiger partial charge is 0.419 e. The van der Waals surface area contributed by atoms with E-state index >= 15 is 0 Å². The fraction of sp³-hybridized carbons (Fsp3) is 0.458. The quantitative estimate of drug-likeness (QED) is 0.613. The average molecular weight is 489 g/mol. The Bertz CT molecular complexity index is 1250. The van der Waals surface area contributed by atoms with Crippen molar-refractivity contribution in [1.29, 1.82) is 5.26 Å². The molecule has 1 aliphatic carbocycles. The molecule has 6 nitrogen and oxygen atoms in total. The number of halogens is 3. The number of hydrogen-bond acceptors (Lipinski definition) is 6. The van der Waals surface area contributed by atoms with E-state index < -0.39 is 18.9 Å². The molecule has 2 heterocycles. The Balaban J connectivity index is 1.76. The van der Waals surface area contributed by atoms with Gasteiger partial charge in [0.1, 0.15) is 12.7 Å². The molecule has 0 saturated carbocycles. The standard InChI is InChI=1S/C24H27F3N5OP/c1-23(2)10-9-15(12-30-23)31-22-29-13-19(24(25,26)27)20(32-22)17-7-8-18-16(17)6-5-14(11-28)21(18)34(3,4)33/h5-7,13,15,30H,8-10,12H2,1-4H3,(H,29,31,32)/t15-/m0/s1. The predicted octanol–water partition coefficient (Wildman–Crippen LogP) is 4.55. The van der Waals surface area contributed by atoms with E-state index in [2.05, 4.69) is 40.5 Å². The van der Waals surface area contributed by atoms with Crippen LogP contribution >= 0.6 is 7.14 Å². The Labute approximate surface area is 197 Å². The summed E-state index contributed by atoms with van der Waals surface area (Å²) < 4.78 is 54.7. The Morgan fingerprint density at radius 2 is 2.03 bits per heavy atom. The molecular weight excluding hydrogens is 462 g/mol. The molecule has 1 aromatic carbocycles. The van der Waals surface area contributed by atoms with Crippen LogP contribution in [0.2, 0.25) is 0 Å². The number of piperidine rings is 1. The second-order valence-electron chi connectivity index (χ2n) is 9.87. The molecule has 0 bridgehead atoms. The maximum Gasteiger partial charge on any atom is 0.419 e. The van der Waals surface area contributed by atoms with Crippen LogP contribution in [0.5, 0.6) is 0 Å². The molecule has 4 rings (SSSR count). The smallest absolute Gasteiger partial charge is 0.350 e. The zero-order valence-electron chi connectivity index (χ0n) is 19.5. The highest BCUT2D eigenvalue weighted by atomic mass is 31.2. The zero-order valence-corrected chi connectivity index (χ0v) is 20.4. The lowest BCUT2D eigenvalue weighted by molar-refractivity contribution is -0.138. The van der Waals surface area contributed by atoms with E-state index in [0.717, 1.165) is 19.0 Å². The average Bonchev–Trinajstić information content (AvgIpc) is 3.16. The van der Waals surface area contributed by atoms with Crippen molar-refractivity contribution >= 4 is 24.0 Å². The molecule has 2 aromatic rings. The van der Waals surface area contributed by atoms with E-state index in [1.807, 2.05) is 0 Å². The monoisotopic (exact) mass is 489 g/mol.